The maximum Gasteiger partial charge on any atom is 0.232 e. The first-order chi connectivity index (χ1) is 13.7. The molecule has 0 unspecified atom stereocenters. The van der Waals surface area contributed by atoms with Crippen LogP contribution in [0.5, 0.6) is 5.75 Å². The van der Waals surface area contributed by atoms with Crippen LogP contribution in [-0.4, -0.2) is 27.1 Å². The standard InChI is InChI=1S/C23H24N2O3/c1-26-18-14-12-17(13-15-18)22-20-11-7-10-19(20)21(24-25-22,23(22,27-2)28-3)16-8-5-4-6-9-16/h4-9,11-15,19-20H,10H2,1-3H3/t19-,20+,21-,22+/m0/s1. The Kier molecular flexibility index (Phi) is 3.77. The Morgan fingerprint density at radius 2 is 1.46 bits per heavy atom. The number of fused-ring (bicyclic) bond motifs is 5. The minimum absolute atomic E-state index is 0.138. The van der Waals surface area contributed by atoms with Gasteiger partial charge in [0.1, 0.15) is 5.75 Å². The number of benzene rings is 2. The molecule has 2 bridgehead atoms. The van der Waals surface area contributed by atoms with Crippen LogP contribution in [0.1, 0.15) is 17.5 Å². The van der Waals surface area contributed by atoms with Crippen LogP contribution in [0.25, 0.3) is 0 Å². The summed E-state index contributed by atoms with van der Waals surface area (Å²) in [6, 6.07) is 18.4. The summed E-state index contributed by atoms with van der Waals surface area (Å²) in [5.74, 6) is 0.130. The number of methoxy groups -OCH3 is 3. The van der Waals surface area contributed by atoms with Gasteiger partial charge in [-0.3, -0.25) is 0 Å². The van der Waals surface area contributed by atoms with Crippen molar-refractivity contribution in [1.82, 2.24) is 0 Å². The van der Waals surface area contributed by atoms with Crippen molar-refractivity contribution in [1.29, 1.82) is 0 Å². The predicted molar refractivity (Wildman–Crippen MR) is 105 cm³/mol. The molecular weight excluding hydrogens is 352 g/mol. The third-order valence-electron chi connectivity index (χ3n) is 6.87. The van der Waals surface area contributed by atoms with Gasteiger partial charge in [0, 0.05) is 26.1 Å². The second-order valence-corrected chi connectivity index (χ2v) is 7.65. The highest BCUT2D eigenvalue weighted by Gasteiger charge is 2.83. The highest BCUT2D eigenvalue weighted by atomic mass is 16.7. The van der Waals surface area contributed by atoms with Crippen LogP contribution in [0.4, 0.5) is 0 Å². The van der Waals surface area contributed by atoms with E-state index in [0.717, 1.165) is 23.3 Å². The summed E-state index contributed by atoms with van der Waals surface area (Å²) in [5, 5.41) is 9.87. The van der Waals surface area contributed by atoms with E-state index in [9.17, 15) is 0 Å². The molecule has 0 aromatic heterocycles. The second-order valence-electron chi connectivity index (χ2n) is 7.65. The molecule has 0 N–H and O–H groups in total. The quantitative estimate of drug-likeness (QED) is 0.572. The van der Waals surface area contributed by atoms with E-state index in [2.05, 4.69) is 36.4 Å². The molecule has 1 heterocycles. The van der Waals surface area contributed by atoms with Crippen LogP contribution >= 0.6 is 0 Å². The minimum Gasteiger partial charge on any atom is -0.497 e. The van der Waals surface area contributed by atoms with Gasteiger partial charge in [0.05, 0.1) is 7.11 Å². The molecular formula is C23H24N2O3. The van der Waals surface area contributed by atoms with Crippen molar-refractivity contribution in [3.63, 3.8) is 0 Å². The number of hydrogen-bond acceptors (Lipinski definition) is 5. The van der Waals surface area contributed by atoms with Gasteiger partial charge < -0.3 is 14.2 Å². The highest BCUT2D eigenvalue weighted by molar-refractivity contribution is 5.49. The molecule has 2 aromatic rings. The molecule has 2 aromatic carbocycles. The van der Waals surface area contributed by atoms with Crippen molar-refractivity contribution in [2.75, 3.05) is 21.3 Å². The SMILES string of the molecule is COc1ccc([C@@]23N=N[C@@](c4ccccc4)([C@H]4CC=C[C@H]42)C3(OC)OC)cc1. The van der Waals surface area contributed by atoms with Gasteiger partial charge in [-0.2, -0.15) is 10.2 Å². The Labute approximate surface area is 165 Å². The van der Waals surface area contributed by atoms with Crippen LogP contribution in [0, 0.1) is 11.8 Å². The van der Waals surface area contributed by atoms with Crippen LogP contribution in [0.2, 0.25) is 0 Å². The van der Waals surface area contributed by atoms with Gasteiger partial charge in [-0.15, -0.1) is 0 Å². The monoisotopic (exact) mass is 376 g/mol. The molecule has 5 nitrogen and oxygen atoms in total. The van der Waals surface area contributed by atoms with Gasteiger partial charge in [0.15, 0.2) is 11.1 Å². The molecule has 5 heteroatoms. The first-order valence-electron chi connectivity index (χ1n) is 9.61. The van der Waals surface area contributed by atoms with Crippen molar-refractivity contribution >= 4 is 0 Å². The smallest absolute Gasteiger partial charge is 0.232 e. The maximum absolute atomic E-state index is 6.27. The van der Waals surface area contributed by atoms with Crippen molar-refractivity contribution in [3.05, 3.63) is 77.9 Å². The van der Waals surface area contributed by atoms with Crippen LogP contribution in [0.15, 0.2) is 77.0 Å². The van der Waals surface area contributed by atoms with Crippen molar-refractivity contribution in [3.8, 4) is 5.75 Å². The third-order valence-corrected chi connectivity index (χ3v) is 6.87. The zero-order valence-electron chi connectivity index (χ0n) is 16.3. The van der Waals surface area contributed by atoms with Gasteiger partial charge >= 0.3 is 0 Å². The summed E-state index contributed by atoms with van der Waals surface area (Å²) >= 11 is 0. The molecule has 1 saturated carbocycles. The number of allylic oxidation sites excluding steroid dienone is 1. The number of hydrogen-bond donors (Lipinski definition) is 0. The largest absolute Gasteiger partial charge is 0.497 e. The van der Waals surface area contributed by atoms with E-state index in [1.54, 1.807) is 21.3 Å². The number of ether oxygens (including phenoxy) is 3. The molecule has 0 spiro atoms. The van der Waals surface area contributed by atoms with E-state index in [1.807, 2.05) is 30.3 Å². The lowest BCUT2D eigenvalue weighted by atomic mass is 9.75. The van der Waals surface area contributed by atoms with Gasteiger partial charge in [-0.05, 0) is 29.7 Å². The molecule has 0 saturated heterocycles. The Bertz CT molecular complexity index is 936. The Hall–Kier alpha value is -2.50. The lowest BCUT2D eigenvalue weighted by molar-refractivity contribution is -0.262. The average Bonchev–Trinajstić information content (AvgIpc) is 3.42. The molecule has 3 aliphatic rings. The molecule has 2 aliphatic carbocycles. The lowest BCUT2D eigenvalue weighted by Gasteiger charge is -2.43. The second kappa shape index (κ2) is 6.00. The highest BCUT2D eigenvalue weighted by Crippen LogP contribution is 2.73. The number of nitrogens with zero attached hydrogens (tertiary/aromatic N) is 2. The van der Waals surface area contributed by atoms with E-state index in [0.29, 0.717) is 0 Å². The van der Waals surface area contributed by atoms with Gasteiger partial charge in [0.25, 0.3) is 0 Å². The Morgan fingerprint density at radius 1 is 0.821 bits per heavy atom. The molecule has 28 heavy (non-hydrogen) atoms. The summed E-state index contributed by atoms with van der Waals surface area (Å²) in [4.78, 5) is 0. The lowest BCUT2D eigenvalue weighted by Crippen LogP contribution is -2.58. The molecule has 5 rings (SSSR count). The van der Waals surface area contributed by atoms with Crippen molar-refractivity contribution < 1.29 is 14.2 Å². The predicted octanol–water partition coefficient (Wildman–Crippen LogP) is 4.45. The summed E-state index contributed by atoms with van der Waals surface area (Å²) in [5.41, 5.74) is 0.647. The van der Waals surface area contributed by atoms with Gasteiger partial charge in [-0.25, -0.2) is 0 Å². The maximum atomic E-state index is 6.27. The van der Waals surface area contributed by atoms with E-state index in [-0.39, 0.29) is 11.8 Å². The van der Waals surface area contributed by atoms with Crippen LogP contribution in [-0.2, 0) is 20.6 Å². The summed E-state index contributed by atoms with van der Waals surface area (Å²) < 4.78 is 17.9. The first kappa shape index (κ1) is 17.6. The third kappa shape index (κ3) is 1.75. The fraction of sp³-hybridized carbons (Fsp3) is 0.391. The number of rotatable bonds is 5. The Morgan fingerprint density at radius 3 is 2.11 bits per heavy atom. The zero-order chi connectivity index (χ0) is 19.4. The molecule has 4 atom stereocenters. The van der Waals surface area contributed by atoms with Crippen LogP contribution < -0.4 is 4.74 Å². The van der Waals surface area contributed by atoms with Crippen molar-refractivity contribution in [2.24, 2.45) is 22.1 Å². The summed E-state index contributed by atoms with van der Waals surface area (Å²) in [6.07, 6.45) is 5.44. The molecule has 0 amide bonds. The zero-order valence-corrected chi connectivity index (χ0v) is 16.3. The number of azo groups is 1. The molecule has 0 radical (unpaired) electrons. The van der Waals surface area contributed by atoms with E-state index in [1.165, 1.54) is 0 Å². The van der Waals surface area contributed by atoms with Crippen LogP contribution in [0.3, 0.4) is 0 Å². The van der Waals surface area contributed by atoms with E-state index < -0.39 is 16.9 Å². The van der Waals surface area contributed by atoms with E-state index >= 15 is 0 Å². The minimum atomic E-state index is -1.03. The summed E-state index contributed by atoms with van der Waals surface area (Å²) in [6.45, 7) is 0. The molecule has 1 fully saturated rings. The summed E-state index contributed by atoms with van der Waals surface area (Å²) in [7, 11) is 5.09. The van der Waals surface area contributed by atoms with Gasteiger partial charge in [0.2, 0.25) is 5.79 Å². The normalized spacial score (nSPS) is 34.0. The first-order valence-corrected chi connectivity index (χ1v) is 9.61. The Balaban J connectivity index is 1.80. The molecule has 1 aliphatic heterocycles. The van der Waals surface area contributed by atoms with Gasteiger partial charge in [-0.1, -0.05) is 54.6 Å². The topological polar surface area (TPSA) is 52.4 Å². The van der Waals surface area contributed by atoms with Crippen molar-refractivity contribution in [2.45, 2.75) is 23.3 Å². The fourth-order valence-corrected chi connectivity index (χ4v) is 5.84. The average molecular weight is 376 g/mol. The molecule has 144 valence electrons. The fourth-order valence-electron chi connectivity index (χ4n) is 5.84. The van der Waals surface area contributed by atoms with E-state index in [4.69, 9.17) is 24.4 Å².